The molecule has 2 rings (SSSR count). The van der Waals surface area contributed by atoms with E-state index in [4.69, 9.17) is 5.14 Å². The van der Waals surface area contributed by atoms with Crippen molar-refractivity contribution in [3.63, 3.8) is 0 Å². The third kappa shape index (κ3) is 3.79. The predicted molar refractivity (Wildman–Crippen MR) is 76.6 cm³/mol. The summed E-state index contributed by atoms with van der Waals surface area (Å²) in [5, 5.41) is 12.9. The molecular formula is C13H24N4O2S. The Morgan fingerprint density at radius 2 is 1.95 bits per heavy atom. The zero-order valence-corrected chi connectivity index (χ0v) is 12.9. The van der Waals surface area contributed by atoms with E-state index in [0.717, 1.165) is 31.0 Å². The van der Waals surface area contributed by atoms with Crippen molar-refractivity contribution in [3.8, 4) is 0 Å². The Balaban J connectivity index is 2.08. The van der Waals surface area contributed by atoms with Gasteiger partial charge in [-0.1, -0.05) is 39.0 Å². The van der Waals surface area contributed by atoms with Gasteiger partial charge in [0.1, 0.15) is 5.82 Å². The maximum atomic E-state index is 11.5. The lowest BCUT2D eigenvalue weighted by atomic mass is 9.86. The van der Waals surface area contributed by atoms with Gasteiger partial charge in [-0.2, -0.15) is 0 Å². The molecule has 0 aliphatic heterocycles. The molecule has 1 aliphatic rings. The van der Waals surface area contributed by atoms with Crippen molar-refractivity contribution in [1.82, 2.24) is 14.8 Å². The van der Waals surface area contributed by atoms with E-state index in [2.05, 4.69) is 10.2 Å². The lowest BCUT2D eigenvalue weighted by Crippen LogP contribution is -2.20. The second kappa shape index (κ2) is 6.67. The number of nitrogens with two attached hydrogens (primary N) is 1. The fourth-order valence-corrected chi connectivity index (χ4v) is 3.63. The first-order chi connectivity index (χ1) is 9.52. The van der Waals surface area contributed by atoms with Crippen LogP contribution >= 0.6 is 0 Å². The van der Waals surface area contributed by atoms with Crippen molar-refractivity contribution in [2.45, 2.75) is 70.0 Å². The molecule has 1 aliphatic carbocycles. The first-order valence-electron chi connectivity index (χ1n) is 7.47. The highest BCUT2D eigenvalue weighted by Crippen LogP contribution is 2.27. The van der Waals surface area contributed by atoms with Gasteiger partial charge in [0, 0.05) is 13.0 Å². The van der Waals surface area contributed by atoms with Gasteiger partial charge in [0.2, 0.25) is 0 Å². The molecule has 7 heteroatoms. The molecule has 20 heavy (non-hydrogen) atoms. The Hall–Kier alpha value is -0.950. The van der Waals surface area contributed by atoms with Gasteiger partial charge in [-0.25, -0.2) is 13.6 Å². The average molecular weight is 300 g/mol. The smallest absolute Gasteiger partial charge is 0.273 e. The second-order valence-corrected chi connectivity index (χ2v) is 7.09. The van der Waals surface area contributed by atoms with Gasteiger partial charge in [-0.15, -0.1) is 10.2 Å². The predicted octanol–water partition coefficient (Wildman–Crippen LogP) is 1.85. The molecule has 1 fully saturated rings. The molecule has 2 N–H and O–H groups in total. The molecule has 0 atom stereocenters. The topological polar surface area (TPSA) is 90.9 Å². The molecule has 1 saturated carbocycles. The van der Waals surface area contributed by atoms with Gasteiger partial charge in [-0.3, -0.25) is 0 Å². The molecule has 1 aromatic rings. The van der Waals surface area contributed by atoms with Crippen LogP contribution in [0.15, 0.2) is 5.16 Å². The average Bonchev–Trinajstić information content (AvgIpc) is 2.81. The number of aromatic nitrogens is 3. The largest absolute Gasteiger partial charge is 0.301 e. The number of rotatable bonds is 6. The van der Waals surface area contributed by atoms with Crippen LogP contribution in [-0.4, -0.2) is 23.2 Å². The molecule has 0 radical (unpaired) electrons. The lowest BCUT2D eigenvalue weighted by molar-refractivity contribution is 0.335. The summed E-state index contributed by atoms with van der Waals surface area (Å²) in [5.41, 5.74) is 0. The molecule has 0 aromatic carbocycles. The molecule has 114 valence electrons. The van der Waals surface area contributed by atoms with E-state index in [0.29, 0.717) is 6.54 Å². The summed E-state index contributed by atoms with van der Waals surface area (Å²) >= 11 is 0. The maximum Gasteiger partial charge on any atom is 0.273 e. The monoisotopic (exact) mass is 300 g/mol. The van der Waals surface area contributed by atoms with Crippen molar-refractivity contribution in [1.29, 1.82) is 0 Å². The third-order valence-corrected chi connectivity index (χ3v) is 4.81. The van der Waals surface area contributed by atoms with Gasteiger partial charge in [-0.05, 0) is 18.8 Å². The highest BCUT2D eigenvalue weighted by atomic mass is 32.2. The summed E-state index contributed by atoms with van der Waals surface area (Å²) in [4.78, 5) is 0. The van der Waals surface area contributed by atoms with Crippen LogP contribution < -0.4 is 5.14 Å². The van der Waals surface area contributed by atoms with E-state index in [-0.39, 0.29) is 5.16 Å². The molecule has 0 amide bonds. The highest BCUT2D eigenvalue weighted by molar-refractivity contribution is 7.89. The van der Waals surface area contributed by atoms with Crippen LogP contribution in [0, 0.1) is 5.92 Å². The van der Waals surface area contributed by atoms with Gasteiger partial charge in [0.05, 0.1) is 0 Å². The molecular weight excluding hydrogens is 276 g/mol. The highest BCUT2D eigenvalue weighted by Gasteiger charge is 2.21. The Bertz CT molecular complexity index is 533. The number of primary sulfonamides is 1. The van der Waals surface area contributed by atoms with E-state index < -0.39 is 10.0 Å². The normalized spacial score (nSPS) is 17.5. The first-order valence-corrected chi connectivity index (χ1v) is 9.02. The number of hydrogen-bond donors (Lipinski definition) is 1. The van der Waals surface area contributed by atoms with Crippen LogP contribution in [0.2, 0.25) is 0 Å². The molecule has 0 unspecified atom stereocenters. The Labute approximate surface area is 120 Å². The quantitative estimate of drug-likeness (QED) is 0.868. The van der Waals surface area contributed by atoms with Crippen LogP contribution in [0.4, 0.5) is 0 Å². The maximum absolute atomic E-state index is 11.5. The molecule has 1 aromatic heterocycles. The van der Waals surface area contributed by atoms with Gasteiger partial charge in [0.15, 0.2) is 0 Å². The Morgan fingerprint density at radius 1 is 1.25 bits per heavy atom. The summed E-state index contributed by atoms with van der Waals surface area (Å²) in [6.07, 6.45) is 9.21. The van der Waals surface area contributed by atoms with Crippen LogP contribution in [0.1, 0.15) is 57.7 Å². The minimum absolute atomic E-state index is 0.0991. The van der Waals surface area contributed by atoms with Crippen LogP contribution in [0.25, 0.3) is 0 Å². The van der Waals surface area contributed by atoms with Crippen molar-refractivity contribution >= 4 is 10.0 Å². The zero-order valence-electron chi connectivity index (χ0n) is 12.1. The molecule has 0 saturated heterocycles. The minimum Gasteiger partial charge on any atom is -0.301 e. The van der Waals surface area contributed by atoms with Crippen molar-refractivity contribution < 1.29 is 8.42 Å². The standard InChI is InChI=1S/C13H24N4O2S/c1-2-10-17-12(15-16-13(17)20(14,18)19)9-8-11-6-4-3-5-7-11/h11H,2-10H2,1H3,(H2,14,18,19). The Morgan fingerprint density at radius 3 is 2.55 bits per heavy atom. The summed E-state index contributed by atoms with van der Waals surface area (Å²) in [6.45, 7) is 2.59. The number of sulfonamides is 1. The van der Waals surface area contributed by atoms with E-state index >= 15 is 0 Å². The number of hydrogen-bond acceptors (Lipinski definition) is 4. The van der Waals surface area contributed by atoms with Crippen molar-refractivity contribution in [2.75, 3.05) is 0 Å². The summed E-state index contributed by atoms with van der Waals surface area (Å²) in [5.74, 6) is 1.50. The molecule has 1 heterocycles. The number of nitrogens with zero attached hydrogens (tertiary/aromatic N) is 3. The van der Waals surface area contributed by atoms with E-state index in [1.807, 2.05) is 6.92 Å². The van der Waals surface area contributed by atoms with Crippen molar-refractivity contribution in [2.24, 2.45) is 11.1 Å². The van der Waals surface area contributed by atoms with Gasteiger partial charge in [0.25, 0.3) is 15.2 Å². The summed E-state index contributed by atoms with van der Waals surface area (Å²) < 4.78 is 24.7. The third-order valence-electron chi connectivity index (χ3n) is 4.00. The van der Waals surface area contributed by atoms with Gasteiger partial charge >= 0.3 is 0 Å². The molecule has 0 spiro atoms. The van der Waals surface area contributed by atoms with Crippen LogP contribution in [0.5, 0.6) is 0 Å². The zero-order chi connectivity index (χ0) is 14.6. The summed E-state index contributed by atoms with van der Waals surface area (Å²) in [6, 6.07) is 0. The van der Waals surface area contributed by atoms with Crippen LogP contribution in [-0.2, 0) is 23.0 Å². The second-order valence-electron chi connectivity index (χ2n) is 5.64. The molecule has 6 nitrogen and oxygen atoms in total. The molecule has 0 bridgehead atoms. The van der Waals surface area contributed by atoms with Crippen LogP contribution in [0.3, 0.4) is 0 Å². The van der Waals surface area contributed by atoms with Gasteiger partial charge < -0.3 is 4.57 Å². The van der Waals surface area contributed by atoms with E-state index in [9.17, 15) is 8.42 Å². The SMILES string of the molecule is CCCn1c(CCC2CCCCC2)nnc1S(N)(=O)=O. The minimum atomic E-state index is -3.79. The summed E-state index contributed by atoms with van der Waals surface area (Å²) in [7, 11) is -3.79. The van der Waals surface area contributed by atoms with Crippen molar-refractivity contribution in [3.05, 3.63) is 5.82 Å². The fraction of sp³-hybridized carbons (Fsp3) is 0.846. The fourth-order valence-electron chi connectivity index (χ4n) is 2.97. The number of aryl methyl sites for hydroxylation is 1. The first kappa shape index (κ1) is 15.4. The van der Waals surface area contributed by atoms with E-state index in [1.54, 1.807) is 4.57 Å². The lowest BCUT2D eigenvalue weighted by Gasteiger charge is -2.21. The Kier molecular flexibility index (Phi) is 5.15. The van der Waals surface area contributed by atoms with E-state index in [1.165, 1.54) is 32.1 Å².